The van der Waals surface area contributed by atoms with E-state index in [9.17, 15) is 13.2 Å². The first-order valence-electron chi connectivity index (χ1n) is 9.40. The highest BCUT2D eigenvalue weighted by Crippen LogP contribution is 2.46. The van der Waals surface area contributed by atoms with Crippen LogP contribution in [-0.2, 0) is 9.47 Å². The molecule has 3 fully saturated rings. The Bertz CT molecular complexity index is 596. The van der Waals surface area contributed by atoms with Gasteiger partial charge in [-0.1, -0.05) is 6.92 Å². The number of ether oxygens (including phenoxy) is 2. The molecule has 0 bridgehead atoms. The molecular weight excluding hydrogens is 329 g/mol. The molecule has 5 heteroatoms. The Balaban J connectivity index is 1.30. The fraction of sp³-hybridized carbons (Fsp3) is 0.700. The third-order valence-electron chi connectivity index (χ3n) is 6.36. The molecule has 1 aromatic carbocycles. The van der Waals surface area contributed by atoms with Gasteiger partial charge in [-0.05, 0) is 67.6 Å². The van der Waals surface area contributed by atoms with Gasteiger partial charge >= 0.3 is 0 Å². The number of hydrogen-bond acceptors (Lipinski definition) is 2. The van der Waals surface area contributed by atoms with E-state index < -0.39 is 17.5 Å². The largest absolute Gasteiger partial charge is 0.352 e. The fourth-order valence-corrected chi connectivity index (χ4v) is 4.60. The van der Waals surface area contributed by atoms with Crippen LogP contribution in [0.1, 0.15) is 50.5 Å². The van der Waals surface area contributed by atoms with Crippen molar-refractivity contribution >= 4 is 0 Å². The van der Waals surface area contributed by atoms with Gasteiger partial charge in [0, 0.05) is 11.8 Å². The molecule has 3 aliphatic rings. The van der Waals surface area contributed by atoms with Gasteiger partial charge in [0.1, 0.15) is 0 Å². The van der Waals surface area contributed by atoms with Gasteiger partial charge in [0.25, 0.3) is 0 Å². The van der Waals surface area contributed by atoms with Crippen molar-refractivity contribution in [1.82, 2.24) is 0 Å². The number of benzene rings is 1. The van der Waals surface area contributed by atoms with Crippen molar-refractivity contribution in [3.8, 4) is 0 Å². The van der Waals surface area contributed by atoms with Gasteiger partial charge in [-0.15, -0.1) is 0 Å². The van der Waals surface area contributed by atoms with Crippen LogP contribution in [-0.4, -0.2) is 19.5 Å². The standard InChI is InChI=1S/C20H25F3O2/c1-11-6-16(11)15-9-24-20(25-10-15)13-4-2-12(3-5-13)14-7-17(21)19(23)18(22)8-14/h7-8,11-13,15-16,20H,2-6,9-10H2,1H3. The van der Waals surface area contributed by atoms with Crippen LogP contribution in [0.2, 0.25) is 0 Å². The number of rotatable bonds is 3. The molecule has 1 aromatic rings. The Morgan fingerprint density at radius 1 is 0.880 bits per heavy atom. The van der Waals surface area contributed by atoms with Gasteiger partial charge in [0.05, 0.1) is 13.2 Å². The molecule has 138 valence electrons. The molecule has 1 saturated heterocycles. The lowest BCUT2D eigenvalue weighted by Crippen LogP contribution is -2.39. The lowest BCUT2D eigenvalue weighted by atomic mass is 9.78. The Morgan fingerprint density at radius 2 is 1.44 bits per heavy atom. The average Bonchev–Trinajstić information content (AvgIpc) is 3.36. The molecule has 0 N–H and O–H groups in total. The van der Waals surface area contributed by atoms with Crippen LogP contribution in [0.15, 0.2) is 12.1 Å². The highest BCUT2D eigenvalue weighted by molar-refractivity contribution is 5.23. The summed E-state index contributed by atoms with van der Waals surface area (Å²) in [5.74, 6) is -1.07. The van der Waals surface area contributed by atoms with E-state index in [1.165, 1.54) is 6.42 Å². The molecule has 2 atom stereocenters. The minimum absolute atomic E-state index is 0.0736. The lowest BCUT2D eigenvalue weighted by molar-refractivity contribution is -0.231. The van der Waals surface area contributed by atoms with Crippen LogP contribution in [0.25, 0.3) is 0 Å². The van der Waals surface area contributed by atoms with E-state index in [2.05, 4.69) is 6.92 Å². The molecular formula is C20H25F3O2. The normalized spacial score (nSPS) is 38.6. The maximum atomic E-state index is 13.4. The first kappa shape index (κ1) is 17.3. The minimum Gasteiger partial charge on any atom is -0.352 e. The first-order chi connectivity index (χ1) is 12.0. The van der Waals surface area contributed by atoms with Crippen LogP contribution in [0, 0.1) is 41.1 Å². The maximum Gasteiger partial charge on any atom is 0.194 e. The molecule has 1 aliphatic heterocycles. The first-order valence-corrected chi connectivity index (χ1v) is 9.40. The summed E-state index contributed by atoms with van der Waals surface area (Å²) in [7, 11) is 0. The zero-order chi connectivity index (χ0) is 17.6. The van der Waals surface area contributed by atoms with Crippen molar-refractivity contribution in [3.63, 3.8) is 0 Å². The van der Waals surface area contributed by atoms with Gasteiger partial charge in [-0.2, -0.15) is 0 Å². The quantitative estimate of drug-likeness (QED) is 0.710. The fourth-order valence-electron chi connectivity index (χ4n) is 4.60. The lowest BCUT2D eigenvalue weighted by Gasteiger charge is -2.38. The molecule has 25 heavy (non-hydrogen) atoms. The van der Waals surface area contributed by atoms with E-state index in [1.807, 2.05) is 0 Å². The SMILES string of the molecule is CC1CC1C1COC(C2CCC(c3cc(F)c(F)c(F)c3)CC2)OC1. The second kappa shape index (κ2) is 6.92. The molecule has 2 nitrogen and oxygen atoms in total. The van der Waals surface area contributed by atoms with E-state index in [0.717, 1.165) is 62.9 Å². The second-order valence-electron chi connectivity index (χ2n) is 8.08. The van der Waals surface area contributed by atoms with Crippen LogP contribution >= 0.6 is 0 Å². The van der Waals surface area contributed by atoms with Crippen molar-refractivity contribution in [2.75, 3.05) is 13.2 Å². The molecule has 0 amide bonds. The van der Waals surface area contributed by atoms with Crippen LogP contribution in [0.4, 0.5) is 13.2 Å². The summed E-state index contributed by atoms with van der Waals surface area (Å²) in [5, 5.41) is 0. The highest BCUT2D eigenvalue weighted by Gasteiger charge is 2.43. The summed E-state index contributed by atoms with van der Waals surface area (Å²) in [6, 6.07) is 2.27. The average molecular weight is 354 g/mol. The second-order valence-corrected chi connectivity index (χ2v) is 8.08. The third-order valence-corrected chi connectivity index (χ3v) is 6.36. The Kier molecular flexibility index (Phi) is 4.80. The van der Waals surface area contributed by atoms with Gasteiger partial charge in [0.2, 0.25) is 0 Å². The van der Waals surface area contributed by atoms with E-state index in [4.69, 9.17) is 9.47 Å². The van der Waals surface area contributed by atoms with Crippen molar-refractivity contribution in [2.24, 2.45) is 23.7 Å². The van der Waals surface area contributed by atoms with Crippen molar-refractivity contribution in [2.45, 2.75) is 51.2 Å². The van der Waals surface area contributed by atoms with Crippen molar-refractivity contribution < 1.29 is 22.6 Å². The minimum atomic E-state index is -1.39. The zero-order valence-corrected chi connectivity index (χ0v) is 14.5. The monoisotopic (exact) mass is 354 g/mol. The van der Waals surface area contributed by atoms with Gasteiger partial charge in [-0.25, -0.2) is 13.2 Å². The van der Waals surface area contributed by atoms with Gasteiger partial charge < -0.3 is 9.47 Å². The van der Waals surface area contributed by atoms with Gasteiger partial charge in [-0.3, -0.25) is 0 Å². The summed E-state index contributed by atoms with van der Waals surface area (Å²) >= 11 is 0. The third kappa shape index (κ3) is 3.59. The summed E-state index contributed by atoms with van der Waals surface area (Å²) in [4.78, 5) is 0. The topological polar surface area (TPSA) is 18.5 Å². The van der Waals surface area contributed by atoms with Crippen LogP contribution < -0.4 is 0 Å². The molecule has 2 unspecified atom stereocenters. The molecule has 0 aromatic heterocycles. The predicted molar refractivity (Wildman–Crippen MR) is 87.5 cm³/mol. The summed E-state index contributed by atoms with van der Waals surface area (Å²) in [6.07, 6.45) is 4.59. The molecule has 2 saturated carbocycles. The molecule has 0 spiro atoms. The summed E-state index contributed by atoms with van der Waals surface area (Å²) in [5.41, 5.74) is 0.558. The Labute approximate surface area is 146 Å². The molecule has 1 heterocycles. The zero-order valence-electron chi connectivity index (χ0n) is 14.5. The van der Waals surface area contributed by atoms with Crippen molar-refractivity contribution in [3.05, 3.63) is 35.1 Å². The molecule has 0 radical (unpaired) electrons. The van der Waals surface area contributed by atoms with E-state index in [0.29, 0.717) is 17.4 Å². The van der Waals surface area contributed by atoms with E-state index in [-0.39, 0.29) is 12.2 Å². The summed E-state index contributed by atoms with van der Waals surface area (Å²) in [6.45, 7) is 3.85. The Hall–Kier alpha value is -1.07. The van der Waals surface area contributed by atoms with E-state index in [1.54, 1.807) is 0 Å². The van der Waals surface area contributed by atoms with Gasteiger partial charge in [0.15, 0.2) is 23.7 Å². The maximum absolute atomic E-state index is 13.4. The molecule has 2 aliphatic carbocycles. The van der Waals surface area contributed by atoms with Crippen LogP contribution in [0.3, 0.4) is 0 Å². The smallest absolute Gasteiger partial charge is 0.194 e. The Morgan fingerprint density at radius 3 is 1.96 bits per heavy atom. The van der Waals surface area contributed by atoms with Crippen LogP contribution in [0.5, 0.6) is 0 Å². The number of hydrogen-bond donors (Lipinski definition) is 0. The van der Waals surface area contributed by atoms with E-state index >= 15 is 0 Å². The van der Waals surface area contributed by atoms with Crippen molar-refractivity contribution in [1.29, 1.82) is 0 Å². The molecule has 4 rings (SSSR count). The summed E-state index contributed by atoms with van der Waals surface area (Å²) < 4.78 is 52.0. The number of halogens is 3. The highest BCUT2D eigenvalue weighted by atomic mass is 19.2. The predicted octanol–water partition coefficient (Wildman–Crippen LogP) is 5.02.